The highest BCUT2D eigenvalue weighted by Gasteiger charge is 2.30. The summed E-state index contributed by atoms with van der Waals surface area (Å²) in [5, 5.41) is 9.64. The molecule has 1 aliphatic carbocycles. The SMILES string of the molecule is N#CC1c2ccc(N)cc2CCC1CCN1CCC(N)CC1. The van der Waals surface area contributed by atoms with E-state index < -0.39 is 0 Å². The van der Waals surface area contributed by atoms with Gasteiger partial charge in [-0.1, -0.05) is 6.07 Å². The number of piperidine rings is 1. The molecule has 4 nitrogen and oxygen atoms in total. The molecule has 0 radical (unpaired) electrons. The van der Waals surface area contributed by atoms with E-state index in [4.69, 9.17) is 11.5 Å². The molecule has 2 aliphatic rings. The van der Waals surface area contributed by atoms with E-state index in [0.29, 0.717) is 12.0 Å². The monoisotopic (exact) mass is 298 g/mol. The van der Waals surface area contributed by atoms with Crippen LogP contribution in [0.1, 0.15) is 42.7 Å². The molecule has 3 rings (SSSR count). The molecule has 4 N–H and O–H groups in total. The summed E-state index contributed by atoms with van der Waals surface area (Å²) in [6.07, 6.45) is 5.47. The summed E-state index contributed by atoms with van der Waals surface area (Å²) in [4.78, 5) is 2.51. The summed E-state index contributed by atoms with van der Waals surface area (Å²) in [7, 11) is 0. The molecule has 0 spiro atoms. The average Bonchev–Trinajstić information content (AvgIpc) is 2.53. The Labute approximate surface area is 133 Å². The van der Waals surface area contributed by atoms with E-state index in [1.165, 1.54) is 11.1 Å². The predicted octanol–water partition coefficient (Wildman–Crippen LogP) is 2.25. The zero-order chi connectivity index (χ0) is 15.5. The van der Waals surface area contributed by atoms with Crippen LogP contribution in [0.5, 0.6) is 0 Å². The van der Waals surface area contributed by atoms with Gasteiger partial charge in [0.1, 0.15) is 0 Å². The Morgan fingerprint density at radius 3 is 2.73 bits per heavy atom. The maximum absolute atomic E-state index is 9.64. The van der Waals surface area contributed by atoms with Crippen molar-refractivity contribution >= 4 is 5.69 Å². The van der Waals surface area contributed by atoms with E-state index in [1.54, 1.807) is 0 Å². The van der Waals surface area contributed by atoms with Crippen LogP contribution in [-0.4, -0.2) is 30.6 Å². The molecule has 4 heteroatoms. The van der Waals surface area contributed by atoms with Gasteiger partial charge in [0.15, 0.2) is 0 Å². The number of rotatable bonds is 3. The lowest BCUT2D eigenvalue weighted by molar-refractivity contribution is 0.193. The fraction of sp³-hybridized carbons (Fsp3) is 0.611. The van der Waals surface area contributed by atoms with Crippen molar-refractivity contribution in [2.24, 2.45) is 11.7 Å². The van der Waals surface area contributed by atoms with E-state index in [-0.39, 0.29) is 5.92 Å². The van der Waals surface area contributed by atoms with Crippen LogP contribution in [0.25, 0.3) is 0 Å². The summed E-state index contributed by atoms with van der Waals surface area (Å²) in [6, 6.07) is 8.96. The second-order valence-corrected chi connectivity index (χ2v) is 6.83. The highest BCUT2D eigenvalue weighted by molar-refractivity contribution is 5.48. The van der Waals surface area contributed by atoms with Gasteiger partial charge in [0.2, 0.25) is 0 Å². The molecular formula is C18H26N4. The molecule has 118 valence electrons. The Kier molecular flexibility index (Phi) is 4.66. The minimum absolute atomic E-state index is 0.0244. The van der Waals surface area contributed by atoms with Gasteiger partial charge in [-0.2, -0.15) is 5.26 Å². The zero-order valence-electron chi connectivity index (χ0n) is 13.2. The summed E-state index contributed by atoms with van der Waals surface area (Å²) in [6.45, 7) is 3.32. The Morgan fingerprint density at radius 1 is 1.23 bits per heavy atom. The number of fused-ring (bicyclic) bond motifs is 1. The number of likely N-dealkylation sites (tertiary alicyclic amines) is 1. The number of nitrogens with two attached hydrogens (primary N) is 2. The molecule has 2 atom stereocenters. The lowest BCUT2D eigenvalue weighted by Gasteiger charge is -2.34. The quantitative estimate of drug-likeness (QED) is 0.839. The van der Waals surface area contributed by atoms with E-state index >= 15 is 0 Å². The van der Waals surface area contributed by atoms with Crippen molar-refractivity contribution in [3.05, 3.63) is 29.3 Å². The first-order valence-corrected chi connectivity index (χ1v) is 8.43. The number of benzene rings is 1. The van der Waals surface area contributed by atoms with E-state index in [2.05, 4.69) is 17.0 Å². The van der Waals surface area contributed by atoms with Gasteiger partial charge in [-0.05, 0) is 80.9 Å². The Bertz CT molecular complexity index is 555. The number of nitrogen functional groups attached to an aromatic ring is 1. The van der Waals surface area contributed by atoms with Gasteiger partial charge < -0.3 is 16.4 Å². The summed E-state index contributed by atoms with van der Waals surface area (Å²) < 4.78 is 0. The molecule has 0 saturated carbocycles. The van der Waals surface area contributed by atoms with Crippen LogP contribution < -0.4 is 11.5 Å². The number of nitriles is 1. The third-order valence-corrected chi connectivity index (χ3v) is 5.35. The zero-order valence-corrected chi connectivity index (χ0v) is 13.2. The van der Waals surface area contributed by atoms with Crippen LogP contribution in [0.4, 0.5) is 5.69 Å². The molecule has 1 saturated heterocycles. The van der Waals surface area contributed by atoms with Crippen molar-refractivity contribution in [2.45, 2.75) is 44.1 Å². The number of nitrogens with zero attached hydrogens (tertiary/aromatic N) is 2. The van der Waals surface area contributed by atoms with Gasteiger partial charge in [-0.25, -0.2) is 0 Å². The van der Waals surface area contributed by atoms with Crippen molar-refractivity contribution in [3.8, 4) is 6.07 Å². The van der Waals surface area contributed by atoms with Crippen molar-refractivity contribution in [2.75, 3.05) is 25.4 Å². The molecule has 2 unspecified atom stereocenters. The van der Waals surface area contributed by atoms with Crippen LogP contribution in [0.2, 0.25) is 0 Å². The van der Waals surface area contributed by atoms with Crippen LogP contribution in [0.3, 0.4) is 0 Å². The number of hydrogen-bond acceptors (Lipinski definition) is 4. The third kappa shape index (κ3) is 3.26. The Hall–Kier alpha value is -1.57. The second kappa shape index (κ2) is 6.68. The number of aryl methyl sites for hydroxylation is 1. The third-order valence-electron chi connectivity index (χ3n) is 5.35. The highest BCUT2D eigenvalue weighted by atomic mass is 15.1. The van der Waals surface area contributed by atoms with Crippen molar-refractivity contribution in [1.82, 2.24) is 4.90 Å². The molecule has 1 heterocycles. The van der Waals surface area contributed by atoms with E-state index in [1.807, 2.05) is 12.1 Å². The molecular weight excluding hydrogens is 272 g/mol. The molecule has 22 heavy (non-hydrogen) atoms. The summed E-state index contributed by atoms with van der Waals surface area (Å²) in [5.41, 5.74) is 15.1. The van der Waals surface area contributed by atoms with Gasteiger partial charge in [0, 0.05) is 11.7 Å². The second-order valence-electron chi connectivity index (χ2n) is 6.83. The smallest absolute Gasteiger partial charge is 0.0744 e. The molecule has 1 fully saturated rings. The van der Waals surface area contributed by atoms with Crippen LogP contribution in [0, 0.1) is 17.2 Å². The maximum Gasteiger partial charge on any atom is 0.0744 e. The fourth-order valence-electron chi connectivity index (χ4n) is 3.92. The van der Waals surface area contributed by atoms with Crippen molar-refractivity contribution in [3.63, 3.8) is 0 Å². The average molecular weight is 298 g/mol. The maximum atomic E-state index is 9.64. The number of hydrogen-bond donors (Lipinski definition) is 2. The van der Waals surface area contributed by atoms with E-state index in [9.17, 15) is 5.26 Å². The molecule has 1 aliphatic heterocycles. The summed E-state index contributed by atoms with van der Waals surface area (Å²) in [5.74, 6) is 0.494. The first-order valence-electron chi connectivity index (χ1n) is 8.43. The van der Waals surface area contributed by atoms with Gasteiger partial charge in [0.05, 0.1) is 12.0 Å². The largest absolute Gasteiger partial charge is 0.399 e. The van der Waals surface area contributed by atoms with Gasteiger partial charge in [-0.3, -0.25) is 0 Å². The Balaban J connectivity index is 1.63. The minimum atomic E-state index is 0.0244. The molecule has 0 bridgehead atoms. The molecule has 0 amide bonds. The molecule has 1 aromatic carbocycles. The standard InChI is InChI=1S/C18H26N4/c19-12-18-13(5-8-22-9-6-15(20)7-10-22)1-2-14-11-16(21)3-4-17(14)18/h3-4,11,13,15,18H,1-2,5-10,20-21H2. The van der Waals surface area contributed by atoms with Crippen LogP contribution >= 0.6 is 0 Å². The van der Waals surface area contributed by atoms with Crippen LogP contribution in [0.15, 0.2) is 18.2 Å². The highest BCUT2D eigenvalue weighted by Crippen LogP contribution is 2.38. The first kappa shape index (κ1) is 15.3. The van der Waals surface area contributed by atoms with Gasteiger partial charge >= 0.3 is 0 Å². The van der Waals surface area contributed by atoms with Gasteiger partial charge in [-0.15, -0.1) is 0 Å². The van der Waals surface area contributed by atoms with Crippen molar-refractivity contribution < 1.29 is 0 Å². The minimum Gasteiger partial charge on any atom is -0.399 e. The number of anilines is 1. The topological polar surface area (TPSA) is 79.1 Å². The summed E-state index contributed by atoms with van der Waals surface area (Å²) >= 11 is 0. The molecule has 0 aromatic heterocycles. The normalized spacial score (nSPS) is 26.4. The lowest BCUT2D eigenvalue weighted by Crippen LogP contribution is -2.40. The Morgan fingerprint density at radius 2 is 2.00 bits per heavy atom. The molecule has 1 aromatic rings. The predicted molar refractivity (Wildman–Crippen MR) is 89.3 cm³/mol. The first-order chi connectivity index (χ1) is 10.7. The van der Waals surface area contributed by atoms with E-state index in [0.717, 1.165) is 57.4 Å². The van der Waals surface area contributed by atoms with Gasteiger partial charge in [0.25, 0.3) is 0 Å². The van der Waals surface area contributed by atoms with Crippen molar-refractivity contribution in [1.29, 1.82) is 5.26 Å². The van der Waals surface area contributed by atoms with Crippen LogP contribution in [-0.2, 0) is 6.42 Å². The lowest BCUT2D eigenvalue weighted by atomic mass is 9.74. The fourth-order valence-corrected chi connectivity index (χ4v) is 3.92.